The monoisotopic (exact) mass is 1400 g/mol. The molecule has 21 N–H and O–H groups in total. The molecular formula is C63H87BN14O22. The fraction of sp³-hybridized carbons (Fsp3) is 0.508. The lowest BCUT2D eigenvalue weighted by Gasteiger charge is -2.29. The number of hydrogen-bond acceptors (Lipinski definition) is 23. The van der Waals surface area contributed by atoms with Crippen LogP contribution in [-0.4, -0.2) is 213 Å². The molecule has 1 aliphatic rings. The van der Waals surface area contributed by atoms with Gasteiger partial charge >= 0.3 is 25.0 Å². The van der Waals surface area contributed by atoms with Gasteiger partial charge in [0, 0.05) is 71.8 Å². The number of para-hydroxylation sites is 2. The zero-order chi connectivity index (χ0) is 74.8. The van der Waals surface area contributed by atoms with E-state index in [4.69, 9.17) is 21.9 Å². The fourth-order valence-corrected chi connectivity index (χ4v) is 10.4. The van der Waals surface area contributed by atoms with E-state index < -0.39 is 249 Å². The number of cyclic esters (lactones) is 1. The second-order valence-corrected chi connectivity index (χ2v) is 24.4. The Morgan fingerprint density at radius 1 is 0.710 bits per heavy atom. The van der Waals surface area contributed by atoms with Crippen LogP contribution in [0.2, 0.25) is 6.82 Å². The largest absolute Gasteiger partial charge is 0.481 e. The number of fused-ring (bicyclic) bond motifs is 1. The van der Waals surface area contributed by atoms with Crippen molar-refractivity contribution in [1.29, 1.82) is 0 Å². The van der Waals surface area contributed by atoms with Crippen molar-refractivity contribution < 1.29 is 107 Å². The number of ether oxygens (including phenoxy) is 1. The number of aliphatic hydroxyl groups excluding tert-OH is 1. The number of aliphatic hydroxyl groups is 1. The van der Waals surface area contributed by atoms with E-state index in [1.54, 1.807) is 30.5 Å². The standard InChI is InChI=1S/C63H87BN14O22/c1-29(20-51(86)87)37-22-47(82)44(28-79)74-50(85)26-69-58(93)32(4)72-56(91)30(2)18-46(81)43(24-52(88)89)76-61(96)41(16-11-17-71-64(6)99)73-49(84)27-70-62(97)53(33(5)100-63(98)54(78-59(37)94)55(90)36-13-7-9-14-38(36)65)77-57(92)31(3)19-45(80)42(23-48(67)83)75-60(95)39(66)21-34-25-68-40-15-10-8-12-35(34)40/h7-10,12-15,25,29-33,37,39,41-44,53-54,68,71,79,99H,11,16-24,26-28,65-66H2,1-6H3,(H2,67,83)(H,69,93)(H,70,97)(H,72,91)(H,73,84)(H,74,85)(H,75,95)(H,76,96)(H,77,92)(H,78,94)(H,86,87)(H,88,89)/t29-,30+,31-,32+,33-,37+,39+,41+,42-,43+,44-,53+,54+/m1/s1. The van der Waals surface area contributed by atoms with Crippen LogP contribution in [0.25, 0.3) is 10.9 Å². The molecule has 4 rings (SSSR count). The van der Waals surface area contributed by atoms with Crippen LogP contribution < -0.4 is 70.3 Å². The number of aromatic amines is 1. The minimum absolute atomic E-state index is 0.00237. The molecule has 100 heavy (non-hydrogen) atoms. The van der Waals surface area contributed by atoms with Crippen LogP contribution in [0.15, 0.2) is 54.7 Å². The number of carbonyl (C=O) groups excluding carboxylic acids is 15. The summed E-state index contributed by atoms with van der Waals surface area (Å²) in [6.07, 6.45) is -5.95. The number of nitrogens with two attached hydrogens (primary N) is 3. The van der Waals surface area contributed by atoms with Crippen molar-refractivity contribution in [3.8, 4) is 0 Å². The van der Waals surface area contributed by atoms with E-state index in [0.29, 0.717) is 5.56 Å². The number of carboxylic acids is 2. The van der Waals surface area contributed by atoms with Crippen LogP contribution >= 0.6 is 0 Å². The van der Waals surface area contributed by atoms with Gasteiger partial charge in [0.1, 0.15) is 30.3 Å². The highest BCUT2D eigenvalue weighted by Gasteiger charge is 2.41. The number of anilines is 1. The number of hydrogen-bond donors (Lipinski definition) is 18. The topological polar surface area (TPSA) is 594 Å². The van der Waals surface area contributed by atoms with E-state index >= 15 is 0 Å². The molecule has 36 nitrogen and oxygen atoms in total. The zero-order valence-electron chi connectivity index (χ0n) is 55.8. The quantitative estimate of drug-likeness (QED) is 0.00995. The van der Waals surface area contributed by atoms with Crippen molar-refractivity contribution in [1.82, 2.24) is 58.1 Å². The van der Waals surface area contributed by atoms with Crippen LogP contribution in [0.5, 0.6) is 0 Å². The number of aliphatic carboxylic acids is 2. The molecule has 0 bridgehead atoms. The SMILES string of the molecule is CB(O)NCCC[C@@H]1NC(=O)CNC(=O)[C@@H](NC(=O)[C@H](C)CC(=O)[C@@H](CC(N)=O)NC(=O)[C@@H](N)Cc2c[nH]c3ccccc23)[C@@H](C)OC(=O)[C@H](C(=O)c2ccccc2N)NC(=O)[C@H]([C@H](C)CC(=O)O)CC(=O)[C@@H](CO)NC(=O)CNC(=O)[C@H](C)NC(=O)[C@@H](C)CC(=O)[C@H](CC(=O)O)NC1=O. The Balaban J connectivity index is 1.81. The molecule has 1 aliphatic heterocycles. The van der Waals surface area contributed by atoms with Crippen molar-refractivity contribution in [3.05, 3.63) is 65.9 Å². The van der Waals surface area contributed by atoms with E-state index in [2.05, 4.69) is 58.1 Å². The number of nitrogen functional groups attached to an aromatic ring is 1. The van der Waals surface area contributed by atoms with Gasteiger partial charge in [0.25, 0.3) is 0 Å². The molecule has 1 saturated heterocycles. The lowest BCUT2D eigenvalue weighted by Crippen LogP contribution is -2.58. The lowest BCUT2D eigenvalue weighted by molar-refractivity contribution is -0.155. The molecule has 3 aromatic rings. The highest BCUT2D eigenvalue weighted by molar-refractivity contribution is 6.45. The Morgan fingerprint density at radius 2 is 1.33 bits per heavy atom. The Bertz CT molecular complexity index is 3550. The molecule has 37 heteroatoms. The first kappa shape index (κ1) is 81.9. The van der Waals surface area contributed by atoms with E-state index in [0.717, 1.165) is 23.9 Å². The number of esters is 1. The predicted octanol–water partition coefficient (Wildman–Crippen LogP) is -5.21. The summed E-state index contributed by atoms with van der Waals surface area (Å²) >= 11 is 0. The number of benzene rings is 2. The van der Waals surface area contributed by atoms with E-state index in [1.807, 2.05) is 0 Å². The molecule has 0 spiro atoms. The third-order valence-electron chi connectivity index (χ3n) is 16.1. The molecular weight excluding hydrogens is 1320 g/mol. The van der Waals surface area contributed by atoms with Gasteiger partial charge in [0.2, 0.25) is 59.1 Å². The van der Waals surface area contributed by atoms with Gasteiger partial charge in [-0.2, -0.15) is 0 Å². The normalized spacial score (nSPS) is 22.9. The summed E-state index contributed by atoms with van der Waals surface area (Å²) in [5.41, 5.74) is 18.6. The number of amides is 10. The molecule has 1 aromatic heterocycles. The minimum Gasteiger partial charge on any atom is -0.481 e. The summed E-state index contributed by atoms with van der Waals surface area (Å²) in [6.45, 7) is 3.98. The van der Waals surface area contributed by atoms with Crippen LogP contribution in [0.4, 0.5) is 5.69 Å². The van der Waals surface area contributed by atoms with E-state index in [9.17, 15) is 102 Å². The Kier molecular flexibility index (Phi) is 32.1. The summed E-state index contributed by atoms with van der Waals surface area (Å²) in [7, 11) is -1.05. The summed E-state index contributed by atoms with van der Waals surface area (Å²) in [4.78, 5) is 235. The molecule has 13 atom stereocenters. The third-order valence-corrected chi connectivity index (χ3v) is 16.1. The number of aromatic nitrogens is 1. The maximum absolute atomic E-state index is 14.7. The molecule has 0 saturated carbocycles. The molecule has 10 amide bonds. The summed E-state index contributed by atoms with van der Waals surface area (Å²) in [5, 5.41) is 63.5. The number of carboxylic acid groups (broad SMARTS) is 2. The van der Waals surface area contributed by atoms with Gasteiger partial charge in [-0.25, -0.2) is 4.79 Å². The number of rotatable bonds is 24. The molecule has 1 fully saturated rings. The van der Waals surface area contributed by atoms with Gasteiger partial charge in [-0.05, 0) is 76.2 Å². The zero-order valence-corrected chi connectivity index (χ0v) is 55.8. The number of Topliss-reactive ketones (excluding diaryl/α,β-unsaturated/α-hetero) is 4. The van der Waals surface area contributed by atoms with Crippen LogP contribution in [0.3, 0.4) is 0 Å². The Morgan fingerprint density at radius 3 is 1.95 bits per heavy atom. The lowest BCUT2D eigenvalue weighted by atomic mass is 9.84. The molecule has 2 aromatic carbocycles. The van der Waals surface area contributed by atoms with Crippen molar-refractivity contribution in [2.75, 3.05) is 32.0 Å². The number of H-pyrrole nitrogens is 1. The first-order valence-corrected chi connectivity index (χ1v) is 31.9. The fourth-order valence-electron chi connectivity index (χ4n) is 10.4. The minimum atomic E-state index is -2.52. The molecule has 2 heterocycles. The van der Waals surface area contributed by atoms with Crippen molar-refractivity contribution in [2.45, 2.75) is 154 Å². The van der Waals surface area contributed by atoms with Crippen molar-refractivity contribution in [3.63, 3.8) is 0 Å². The molecule has 0 unspecified atom stereocenters. The van der Waals surface area contributed by atoms with Crippen molar-refractivity contribution in [2.24, 2.45) is 35.1 Å². The van der Waals surface area contributed by atoms with Crippen LogP contribution in [0.1, 0.15) is 102 Å². The molecule has 0 aliphatic carbocycles. The maximum Gasteiger partial charge on any atom is 0.373 e. The van der Waals surface area contributed by atoms with Gasteiger partial charge in [0.15, 0.2) is 29.2 Å². The van der Waals surface area contributed by atoms with E-state index in [-0.39, 0.29) is 31.5 Å². The highest BCUT2D eigenvalue weighted by Crippen LogP contribution is 2.24. The second-order valence-electron chi connectivity index (χ2n) is 24.4. The van der Waals surface area contributed by atoms with Gasteiger partial charge in [-0.1, -0.05) is 51.1 Å². The Labute approximate surface area is 573 Å². The molecule has 544 valence electrons. The van der Waals surface area contributed by atoms with Crippen LogP contribution in [0, 0.1) is 23.7 Å². The second kappa shape index (κ2) is 39.2. The number of nitrogens with one attached hydrogen (secondary N) is 11. The van der Waals surface area contributed by atoms with E-state index in [1.165, 1.54) is 52.7 Å². The van der Waals surface area contributed by atoms with Gasteiger partial charge in [0.05, 0.1) is 50.7 Å². The number of carbonyl (C=O) groups is 17. The van der Waals surface area contributed by atoms with Crippen molar-refractivity contribution >= 4 is 124 Å². The van der Waals surface area contributed by atoms with Crippen LogP contribution in [-0.2, 0) is 87.9 Å². The summed E-state index contributed by atoms with van der Waals surface area (Å²) in [5.74, 6) is -26.5. The first-order valence-electron chi connectivity index (χ1n) is 31.9. The summed E-state index contributed by atoms with van der Waals surface area (Å²) < 4.78 is 5.67. The third kappa shape index (κ3) is 25.7. The molecule has 0 radical (unpaired) electrons. The summed E-state index contributed by atoms with van der Waals surface area (Å²) in [6, 6.07) is -2.30. The average molecular weight is 1400 g/mol. The maximum atomic E-state index is 14.7. The predicted molar refractivity (Wildman–Crippen MR) is 352 cm³/mol. The average Bonchev–Trinajstić information content (AvgIpc) is 1.29. The number of primary amides is 1. The van der Waals surface area contributed by atoms with Gasteiger partial charge in [-0.3, -0.25) is 76.7 Å². The highest BCUT2D eigenvalue weighted by atomic mass is 16.5. The number of ketones is 4. The van der Waals surface area contributed by atoms with Gasteiger partial charge < -0.3 is 100 Å². The first-order chi connectivity index (χ1) is 47.0. The Hall–Kier alpha value is -10.5. The van der Waals surface area contributed by atoms with Gasteiger partial charge in [-0.15, -0.1) is 0 Å². The smallest absolute Gasteiger partial charge is 0.373 e.